The molecule has 0 spiro atoms. The van der Waals surface area contributed by atoms with E-state index < -0.39 is 30.0 Å². The number of nitrogens with zero attached hydrogens (tertiary/aromatic N) is 2. The maximum absolute atomic E-state index is 14.1. The number of aliphatic hydroxyl groups is 2. The van der Waals surface area contributed by atoms with Crippen molar-refractivity contribution in [2.45, 2.75) is 316 Å². The molecule has 418 valence electrons. The molecule has 0 aromatic heterocycles. The molecule has 10 heteroatoms. The van der Waals surface area contributed by atoms with Crippen LogP contribution in [0.25, 0.3) is 0 Å². The number of carbonyl (C=O) groups is 2. The Labute approximate surface area is 454 Å². The van der Waals surface area contributed by atoms with Crippen molar-refractivity contribution < 1.29 is 24.5 Å². The first-order valence-electron chi connectivity index (χ1n) is 30.6. The first-order valence-corrected chi connectivity index (χ1v) is 33.0. The van der Waals surface area contributed by atoms with Gasteiger partial charge >= 0.3 is 5.97 Å². The molecule has 0 aliphatic rings. The minimum absolute atomic E-state index is 0.0615. The maximum atomic E-state index is 14.1. The molecule has 0 aromatic carbocycles. The average Bonchev–Trinajstić information content (AvgIpc) is 3.37. The SMILES string of the molecule is CCCCCCCCCCCCCCCCCCN(CCCCCCCCCCCCCCCCCC)C(=O)CCC(C)(C#N)C(CSC(=S)SCCCCCCCCCCCC)C(=O)OCC(O)CO. The van der Waals surface area contributed by atoms with Gasteiger partial charge in [0.05, 0.1) is 24.0 Å². The Morgan fingerprint density at radius 1 is 0.549 bits per heavy atom. The summed E-state index contributed by atoms with van der Waals surface area (Å²) in [4.78, 5) is 29.8. The number of hydrogen-bond acceptors (Lipinski definition) is 9. The Bertz CT molecular complexity index is 1200. The minimum Gasteiger partial charge on any atom is -0.463 e. The second-order valence-electron chi connectivity index (χ2n) is 21.6. The molecule has 0 fully saturated rings. The van der Waals surface area contributed by atoms with Crippen LogP contribution in [0.5, 0.6) is 0 Å². The second-order valence-corrected chi connectivity index (χ2v) is 24.9. The van der Waals surface area contributed by atoms with E-state index in [2.05, 4.69) is 26.8 Å². The van der Waals surface area contributed by atoms with Crippen molar-refractivity contribution in [3.8, 4) is 6.07 Å². The van der Waals surface area contributed by atoms with Gasteiger partial charge in [0.2, 0.25) is 5.91 Å². The van der Waals surface area contributed by atoms with Crippen LogP contribution in [0, 0.1) is 22.7 Å². The zero-order valence-electron chi connectivity index (χ0n) is 47.2. The third-order valence-electron chi connectivity index (χ3n) is 14.8. The lowest BCUT2D eigenvalue weighted by molar-refractivity contribution is -0.155. The van der Waals surface area contributed by atoms with E-state index in [0.717, 1.165) is 54.5 Å². The number of nitriles is 1. The van der Waals surface area contributed by atoms with E-state index in [4.69, 9.17) is 17.0 Å². The summed E-state index contributed by atoms with van der Waals surface area (Å²) in [5, 5.41) is 30.0. The Morgan fingerprint density at radius 2 is 0.873 bits per heavy atom. The summed E-state index contributed by atoms with van der Waals surface area (Å²) in [7, 11) is 0. The van der Waals surface area contributed by atoms with E-state index in [-0.39, 0.29) is 31.1 Å². The lowest BCUT2D eigenvalue weighted by atomic mass is 9.75. The summed E-state index contributed by atoms with van der Waals surface area (Å²) in [6.45, 7) is 9.20. The summed E-state index contributed by atoms with van der Waals surface area (Å²) < 4.78 is 6.23. The van der Waals surface area contributed by atoms with Crippen molar-refractivity contribution in [1.82, 2.24) is 4.90 Å². The van der Waals surface area contributed by atoms with Crippen LogP contribution in [-0.2, 0) is 14.3 Å². The normalized spacial score (nSPS) is 13.2. The Kier molecular flexibility index (Phi) is 53.3. The van der Waals surface area contributed by atoms with Gasteiger partial charge in [-0.25, -0.2) is 0 Å². The number of carbonyl (C=O) groups excluding carboxylic acids is 2. The molecule has 3 unspecified atom stereocenters. The molecule has 71 heavy (non-hydrogen) atoms. The van der Waals surface area contributed by atoms with Crippen molar-refractivity contribution in [3.63, 3.8) is 0 Å². The maximum Gasteiger partial charge on any atom is 0.311 e. The van der Waals surface area contributed by atoms with Gasteiger partial charge in [0.15, 0.2) is 0 Å². The summed E-state index contributed by atoms with van der Waals surface area (Å²) in [6.07, 6.45) is 54.1. The molecule has 0 rings (SSSR count). The van der Waals surface area contributed by atoms with Crippen LogP contribution in [0.3, 0.4) is 0 Å². The summed E-state index contributed by atoms with van der Waals surface area (Å²) in [6, 6.07) is 2.43. The fourth-order valence-corrected chi connectivity index (χ4v) is 12.2. The van der Waals surface area contributed by atoms with Gasteiger partial charge in [0.1, 0.15) is 16.2 Å². The van der Waals surface area contributed by atoms with E-state index in [1.807, 2.05) is 4.90 Å². The van der Waals surface area contributed by atoms with Gasteiger partial charge < -0.3 is 19.8 Å². The van der Waals surface area contributed by atoms with Crippen LogP contribution in [0.4, 0.5) is 0 Å². The third-order valence-corrected chi connectivity index (χ3v) is 17.7. The minimum atomic E-state index is -1.19. The Hall–Kier alpha value is -0.860. The molecule has 2 N–H and O–H groups in total. The molecular weight excluding hydrogens is 937 g/mol. The fourth-order valence-electron chi connectivity index (χ4n) is 9.68. The molecule has 0 aliphatic carbocycles. The highest BCUT2D eigenvalue weighted by Gasteiger charge is 2.41. The number of esters is 1. The monoisotopic (exact) mass is 1050 g/mol. The lowest BCUT2D eigenvalue weighted by Gasteiger charge is -2.31. The number of ether oxygens (including phenoxy) is 1. The Balaban J connectivity index is 5.18. The van der Waals surface area contributed by atoms with Crippen molar-refractivity contribution >= 4 is 51.1 Å². The van der Waals surface area contributed by atoms with Gasteiger partial charge in [-0.1, -0.05) is 283 Å². The second kappa shape index (κ2) is 53.9. The van der Waals surface area contributed by atoms with Gasteiger partial charge in [-0.3, -0.25) is 9.59 Å². The molecule has 0 radical (unpaired) electrons. The molecule has 1 amide bonds. The largest absolute Gasteiger partial charge is 0.463 e. The van der Waals surface area contributed by atoms with Gasteiger partial charge in [-0.2, -0.15) is 5.26 Å². The van der Waals surface area contributed by atoms with Crippen molar-refractivity contribution in [1.29, 1.82) is 5.26 Å². The first-order chi connectivity index (χ1) is 34.7. The molecular formula is C61H116N2O5S3. The van der Waals surface area contributed by atoms with Crippen LogP contribution in [-0.4, -0.2) is 74.4 Å². The van der Waals surface area contributed by atoms with Gasteiger partial charge in [0, 0.05) is 25.3 Å². The molecule has 0 aliphatic heterocycles. The average molecular weight is 1050 g/mol. The smallest absolute Gasteiger partial charge is 0.311 e. The first kappa shape index (κ1) is 70.1. The highest BCUT2D eigenvalue weighted by molar-refractivity contribution is 8.47. The van der Waals surface area contributed by atoms with Crippen molar-refractivity contribution in [3.05, 3.63) is 0 Å². The van der Waals surface area contributed by atoms with E-state index in [0.29, 0.717) is 0 Å². The number of amides is 1. The molecule has 0 heterocycles. The molecule has 0 bridgehead atoms. The highest BCUT2D eigenvalue weighted by atomic mass is 32.2. The lowest BCUT2D eigenvalue weighted by Crippen LogP contribution is -2.39. The quantitative estimate of drug-likeness (QED) is 0.0349. The Morgan fingerprint density at radius 3 is 1.20 bits per heavy atom. The van der Waals surface area contributed by atoms with Crippen molar-refractivity contribution in [2.75, 3.05) is 37.8 Å². The summed E-state index contributed by atoms with van der Waals surface area (Å²) in [5.41, 5.74) is -1.17. The number of aliphatic hydroxyl groups excluding tert-OH is 2. The standard InChI is InChI=1S/C61H116N2O5S3/c1-5-8-11-14-17-20-23-25-27-29-31-33-35-38-41-44-49-63(50-45-42-39-36-34-32-30-28-26-24-21-18-15-12-9-6-2)58(66)47-48-61(4,55-62)57(59(67)68-53-56(65)52-64)54-71-60(69)70-51-46-43-40-37-22-19-16-13-10-7-3/h56-57,64-65H,5-54H2,1-4H3. The van der Waals surface area contributed by atoms with E-state index >= 15 is 0 Å². The number of thioether (sulfide) groups is 2. The topological polar surface area (TPSA) is 111 Å². The highest BCUT2D eigenvalue weighted by Crippen LogP contribution is 2.37. The molecule has 0 saturated heterocycles. The zero-order chi connectivity index (χ0) is 52.1. The predicted molar refractivity (Wildman–Crippen MR) is 316 cm³/mol. The zero-order valence-corrected chi connectivity index (χ0v) is 49.7. The van der Waals surface area contributed by atoms with E-state index in [9.17, 15) is 25.1 Å². The molecule has 7 nitrogen and oxygen atoms in total. The van der Waals surface area contributed by atoms with Crippen molar-refractivity contribution in [2.24, 2.45) is 11.3 Å². The fraction of sp³-hybridized carbons (Fsp3) is 0.934. The number of unbranched alkanes of at least 4 members (excludes halogenated alkanes) is 39. The predicted octanol–water partition coefficient (Wildman–Crippen LogP) is 18.8. The van der Waals surface area contributed by atoms with Crippen LogP contribution in [0.1, 0.15) is 310 Å². The van der Waals surface area contributed by atoms with Crippen LogP contribution < -0.4 is 0 Å². The van der Waals surface area contributed by atoms with Crippen LogP contribution >= 0.6 is 35.7 Å². The summed E-state index contributed by atoms with van der Waals surface area (Å²) in [5.74, 6) is -0.188. The van der Waals surface area contributed by atoms with Gasteiger partial charge in [0.25, 0.3) is 0 Å². The number of rotatable bonds is 55. The molecule has 0 aromatic rings. The van der Waals surface area contributed by atoms with E-state index in [1.165, 1.54) is 249 Å². The van der Waals surface area contributed by atoms with Crippen LogP contribution in [0.15, 0.2) is 0 Å². The summed E-state index contributed by atoms with van der Waals surface area (Å²) >= 11 is 8.79. The van der Waals surface area contributed by atoms with Gasteiger partial charge in [-0.15, -0.1) is 23.5 Å². The van der Waals surface area contributed by atoms with E-state index in [1.54, 1.807) is 18.7 Å². The van der Waals surface area contributed by atoms with Gasteiger partial charge in [-0.05, 0) is 38.4 Å². The molecule has 0 saturated carbocycles. The number of thiocarbonyl (C=S) groups is 1. The third kappa shape index (κ3) is 45.1. The molecule has 3 atom stereocenters. The van der Waals surface area contributed by atoms with Crippen LogP contribution in [0.2, 0.25) is 0 Å². The number of hydrogen-bond donors (Lipinski definition) is 2.